The molecule has 0 unspecified atom stereocenters. The van der Waals surface area contributed by atoms with E-state index in [0.29, 0.717) is 17.9 Å². The summed E-state index contributed by atoms with van der Waals surface area (Å²) in [7, 11) is 3.23. The molecule has 0 saturated heterocycles. The van der Waals surface area contributed by atoms with Gasteiger partial charge >= 0.3 is 12.1 Å². The Balaban J connectivity index is 2.46. The largest absolute Gasteiger partial charge is 0.463 e. The molecule has 0 aromatic heterocycles. The number of ether oxygens (including phenoxy) is 2. The van der Waals surface area contributed by atoms with Crippen LogP contribution in [0.3, 0.4) is 0 Å². The molecule has 0 radical (unpaired) electrons. The fourth-order valence-corrected chi connectivity index (χ4v) is 2.03. The van der Waals surface area contributed by atoms with Gasteiger partial charge in [0.2, 0.25) is 0 Å². The summed E-state index contributed by atoms with van der Waals surface area (Å²) in [4.78, 5) is 24.8. The normalized spacial score (nSPS) is 10.7. The number of amides is 1. The molecule has 5 heteroatoms. The summed E-state index contributed by atoms with van der Waals surface area (Å²) >= 11 is 0. The number of carbonyl (C=O) groups excluding carboxylic acids is 2. The van der Waals surface area contributed by atoms with Gasteiger partial charge in [0, 0.05) is 31.1 Å². The van der Waals surface area contributed by atoms with E-state index < -0.39 is 12.1 Å². The van der Waals surface area contributed by atoms with Crippen LogP contribution in [0.15, 0.2) is 42.5 Å². The molecule has 0 aliphatic heterocycles. The summed E-state index contributed by atoms with van der Waals surface area (Å²) in [6.45, 7) is 2.05. The van der Waals surface area contributed by atoms with Gasteiger partial charge in [-0.3, -0.25) is 0 Å². The van der Waals surface area contributed by atoms with E-state index in [1.54, 1.807) is 33.2 Å². The van der Waals surface area contributed by atoms with Crippen molar-refractivity contribution >= 4 is 28.9 Å². The lowest BCUT2D eigenvalue weighted by Gasteiger charge is -2.14. The third-order valence-electron chi connectivity index (χ3n) is 3.15. The van der Waals surface area contributed by atoms with Gasteiger partial charge in [-0.25, -0.2) is 9.59 Å². The van der Waals surface area contributed by atoms with Gasteiger partial charge < -0.3 is 14.4 Å². The van der Waals surface area contributed by atoms with Crippen LogP contribution in [-0.2, 0) is 9.53 Å². The summed E-state index contributed by atoms with van der Waals surface area (Å²) in [6.07, 6.45) is 2.43. The highest BCUT2D eigenvalue weighted by atomic mass is 16.6. The number of hydrogen-bond donors (Lipinski definition) is 0. The van der Waals surface area contributed by atoms with Crippen molar-refractivity contribution < 1.29 is 19.1 Å². The molecule has 1 amide bonds. The second-order valence-corrected chi connectivity index (χ2v) is 5.05. The second-order valence-electron chi connectivity index (χ2n) is 5.05. The molecule has 0 bridgehead atoms. The van der Waals surface area contributed by atoms with Crippen molar-refractivity contribution in [3.63, 3.8) is 0 Å². The van der Waals surface area contributed by atoms with E-state index in [2.05, 4.69) is 0 Å². The van der Waals surface area contributed by atoms with Gasteiger partial charge in [-0.2, -0.15) is 0 Å². The van der Waals surface area contributed by atoms with Crippen molar-refractivity contribution in [2.45, 2.75) is 6.92 Å². The average molecular weight is 313 g/mol. The van der Waals surface area contributed by atoms with Crippen LogP contribution >= 0.6 is 0 Å². The molecule has 0 aliphatic rings. The molecule has 23 heavy (non-hydrogen) atoms. The Kier molecular flexibility index (Phi) is 5.36. The quantitative estimate of drug-likeness (QED) is 0.640. The van der Waals surface area contributed by atoms with Crippen LogP contribution in [0.25, 0.3) is 16.8 Å². The Bertz CT molecular complexity index is 750. The van der Waals surface area contributed by atoms with E-state index in [4.69, 9.17) is 9.47 Å². The number of rotatable bonds is 4. The molecule has 0 atom stereocenters. The zero-order chi connectivity index (χ0) is 16.8. The fraction of sp³-hybridized carbons (Fsp3) is 0.222. The van der Waals surface area contributed by atoms with Crippen LogP contribution in [0.2, 0.25) is 0 Å². The Morgan fingerprint density at radius 2 is 1.87 bits per heavy atom. The molecule has 2 rings (SSSR count). The van der Waals surface area contributed by atoms with Gasteiger partial charge in [-0.05, 0) is 18.4 Å². The van der Waals surface area contributed by atoms with Crippen LogP contribution in [0, 0.1) is 0 Å². The minimum atomic E-state index is -0.480. The highest BCUT2D eigenvalue weighted by Gasteiger charge is 2.13. The monoisotopic (exact) mass is 313 g/mol. The molecule has 5 nitrogen and oxygen atoms in total. The van der Waals surface area contributed by atoms with Crippen LogP contribution in [0.1, 0.15) is 12.5 Å². The molecule has 0 saturated carbocycles. The van der Waals surface area contributed by atoms with Crippen molar-refractivity contribution in [3.05, 3.63) is 48.0 Å². The van der Waals surface area contributed by atoms with Gasteiger partial charge in [0.05, 0.1) is 6.61 Å². The highest BCUT2D eigenvalue weighted by Crippen LogP contribution is 2.31. The van der Waals surface area contributed by atoms with Crippen molar-refractivity contribution in [3.8, 4) is 5.75 Å². The predicted octanol–water partition coefficient (Wildman–Crippen LogP) is 3.48. The lowest BCUT2D eigenvalue weighted by Crippen LogP contribution is -2.25. The smallest absolute Gasteiger partial charge is 0.414 e. The second kappa shape index (κ2) is 7.45. The van der Waals surface area contributed by atoms with Crippen molar-refractivity contribution in [1.82, 2.24) is 4.90 Å². The lowest BCUT2D eigenvalue weighted by atomic mass is 10.0. The zero-order valence-electron chi connectivity index (χ0n) is 13.4. The molecular weight excluding hydrogens is 294 g/mol. The SMILES string of the molecule is CCOC(=O)/C=C/c1ccc2ccccc2c1OC(=O)N(C)C. The first-order chi connectivity index (χ1) is 11.0. The maximum absolute atomic E-state index is 11.9. The number of carbonyl (C=O) groups is 2. The Labute approximate surface area is 135 Å². The minimum Gasteiger partial charge on any atom is -0.463 e. The maximum Gasteiger partial charge on any atom is 0.414 e. The van der Waals surface area contributed by atoms with Gasteiger partial charge in [0.25, 0.3) is 0 Å². The van der Waals surface area contributed by atoms with Gasteiger partial charge in [-0.15, -0.1) is 0 Å². The summed E-state index contributed by atoms with van der Waals surface area (Å²) in [5, 5.41) is 1.75. The Hall–Kier alpha value is -2.82. The number of hydrogen-bond acceptors (Lipinski definition) is 4. The number of benzene rings is 2. The minimum absolute atomic E-state index is 0.309. The van der Waals surface area contributed by atoms with E-state index in [1.165, 1.54) is 11.0 Å². The summed E-state index contributed by atoms with van der Waals surface area (Å²) < 4.78 is 10.4. The van der Waals surface area contributed by atoms with E-state index in [1.807, 2.05) is 30.3 Å². The summed E-state index contributed by atoms with van der Waals surface area (Å²) in [5.74, 6) is -0.0205. The zero-order valence-corrected chi connectivity index (χ0v) is 13.4. The molecule has 2 aromatic rings. The molecule has 2 aromatic carbocycles. The topological polar surface area (TPSA) is 55.8 Å². The standard InChI is InChI=1S/C18H19NO4/c1-4-22-16(20)12-11-14-10-9-13-7-5-6-8-15(13)17(14)23-18(21)19(2)3/h5-12H,4H2,1-3H3/b12-11+. The first kappa shape index (κ1) is 16.5. The molecule has 120 valence electrons. The predicted molar refractivity (Wildman–Crippen MR) is 89.3 cm³/mol. The van der Waals surface area contributed by atoms with Gasteiger partial charge in [0.1, 0.15) is 5.75 Å². The first-order valence-electron chi connectivity index (χ1n) is 7.28. The Morgan fingerprint density at radius 3 is 2.57 bits per heavy atom. The number of fused-ring (bicyclic) bond motifs is 1. The molecule has 0 fully saturated rings. The maximum atomic E-state index is 11.9. The van der Waals surface area contributed by atoms with Crippen molar-refractivity contribution in [1.29, 1.82) is 0 Å². The summed E-state index contributed by atoms with van der Waals surface area (Å²) in [6, 6.07) is 11.3. The van der Waals surface area contributed by atoms with E-state index in [-0.39, 0.29) is 0 Å². The molecule has 0 aliphatic carbocycles. The van der Waals surface area contributed by atoms with Crippen LogP contribution < -0.4 is 4.74 Å². The lowest BCUT2D eigenvalue weighted by molar-refractivity contribution is -0.137. The van der Waals surface area contributed by atoms with Crippen molar-refractivity contribution in [2.75, 3.05) is 20.7 Å². The third kappa shape index (κ3) is 4.10. The van der Waals surface area contributed by atoms with Crippen LogP contribution in [-0.4, -0.2) is 37.7 Å². The van der Waals surface area contributed by atoms with Crippen LogP contribution in [0.5, 0.6) is 5.75 Å². The number of nitrogens with zero attached hydrogens (tertiary/aromatic N) is 1. The van der Waals surface area contributed by atoms with Gasteiger partial charge in [-0.1, -0.05) is 36.4 Å². The first-order valence-corrected chi connectivity index (χ1v) is 7.28. The number of esters is 1. The molecular formula is C18H19NO4. The molecule has 0 heterocycles. The third-order valence-corrected chi connectivity index (χ3v) is 3.15. The summed E-state index contributed by atoms with van der Waals surface area (Å²) in [5.41, 5.74) is 0.631. The van der Waals surface area contributed by atoms with E-state index in [0.717, 1.165) is 10.8 Å². The fourth-order valence-electron chi connectivity index (χ4n) is 2.03. The molecule has 0 spiro atoms. The van der Waals surface area contributed by atoms with Gasteiger partial charge in [0.15, 0.2) is 0 Å². The highest BCUT2D eigenvalue weighted by molar-refractivity contribution is 5.95. The van der Waals surface area contributed by atoms with E-state index in [9.17, 15) is 9.59 Å². The van der Waals surface area contributed by atoms with Crippen LogP contribution in [0.4, 0.5) is 4.79 Å². The molecule has 0 N–H and O–H groups in total. The van der Waals surface area contributed by atoms with Crippen molar-refractivity contribution in [2.24, 2.45) is 0 Å². The average Bonchev–Trinajstić information content (AvgIpc) is 2.54. The Morgan fingerprint density at radius 1 is 1.13 bits per heavy atom. The van der Waals surface area contributed by atoms with E-state index >= 15 is 0 Å².